The number of hydrogen-bond donors (Lipinski definition) is 1. The fourth-order valence-corrected chi connectivity index (χ4v) is 1.75. The first-order valence-corrected chi connectivity index (χ1v) is 6.66. The second-order valence-corrected chi connectivity index (χ2v) is 4.68. The van der Waals surface area contributed by atoms with E-state index < -0.39 is 18.0 Å². The minimum Gasteiger partial charge on any atom is -0.493 e. The molecule has 0 saturated heterocycles. The van der Waals surface area contributed by atoms with E-state index >= 15 is 0 Å². The normalized spacial score (nSPS) is 15.0. The summed E-state index contributed by atoms with van der Waals surface area (Å²) < 4.78 is 15.0. The maximum absolute atomic E-state index is 11.9. The Kier molecular flexibility index (Phi) is 5.05. The maximum Gasteiger partial charge on any atom is 0.377 e. The van der Waals surface area contributed by atoms with Crippen LogP contribution in [0.2, 0.25) is 5.02 Å². The van der Waals surface area contributed by atoms with Gasteiger partial charge in [0.25, 0.3) is 5.91 Å². The molecule has 2 rings (SSSR count). The summed E-state index contributed by atoms with van der Waals surface area (Å²) in [6, 6.07) is 6.66. The van der Waals surface area contributed by atoms with E-state index in [4.69, 9.17) is 25.8 Å². The van der Waals surface area contributed by atoms with Gasteiger partial charge < -0.3 is 19.5 Å². The summed E-state index contributed by atoms with van der Waals surface area (Å²) in [5.74, 6) is -1.27. The van der Waals surface area contributed by atoms with E-state index in [1.807, 2.05) is 0 Å². The topological polar surface area (TPSA) is 73.9 Å². The molecule has 0 fully saturated rings. The first-order chi connectivity index (χ1) is 10.1. The molecule has 1 aliphatic rings. The lowest BCUT2D eigenvalue weighted by Gasteiger charge is -2.17. The summed E-state index contributed by atoms with van der Waals surface area (Å²) in [4.78, 5) is 23.6. The van der Waals surface area contributed by atoms with Crippen LogP contribution in [0.4, 0.5) is 5.69 Å². The van der Waals surface area contributed by atoms with Crippen molar-refractivity contribution in [2.24, 2.45) is 0 Å². The Bertz CT molecular complexity index is 572. The Morgan fingerprint density at radius 3 is 2.86 bits per heavy atom. The zero-order valence-electron chi connectivity index (χ0n) is 11.3. The van der Waals surface area contributed by atoms with Gasteiger partial charge in [-0.1, -0.05) is 17.7 Å². The highest BCUT2D eigenvalue weighted by molar-refractivity contribution is 6.30. The van der Waals surface area contributed by atoms with Crippen molar-refractivity contribution in [3.63, 3.8) is 0 Å². The van der Waals surface area contributed by atoms with E-state index in [0.29, 0.717) is 17.3 Å². The molecule has 0 radical (unpaired) electrons. The third-order valence-electron chi connectivity index (χ3n) is 2.60. The predicted octanol–water partition coefficient (Wildman–Crippen LogP) is 2.10. The van der Waals surface area contributed by atoms with Crippen molar-refractivity contribution >= 4 is 29.2 Å². The third-order valence-corrected chi connectivity index (χ3v) is 2.83. The number of hydrogen-bond acceptors (Lipinski definition) is 5. The van der Waals surface area contributed by atoms with Gasteiger partial charge in [0.2, 0.25) is 5.76 Å². The van der Waals surface area contributed by atoms with E-state index in [0.717, 1.165) is 0 Å². The second kappa shape index (κ2) is 6.99. The van der Waals surface area contributed by atoms with Crippen LogP contribution in [0.25, 0.3) is 0 Å². The van der Waals surface area contributed by atoms with Crippen LogP contribution in [-0.4, -0.2) is 31.2 Å². The average molecular weight is 312 g/mol. The first-order valence-electron chi connectivity index (χ1n) is 6.28. The Labute approximate surface area is 126 Å². The third kappa shape index (κ3) is 4.39. The Morgan fingerprint density at radius 2 is 2.19 bits per heavy atom. The van der Waals surface area contributed by atoms with Gasteiger partial charge in [-0.25, -0.2) is 4.79 Å². The molecule has 1 aromatic carbocycles. The summed E-state index contributed by atoms with van der Waals surface area (Å²) in [6.07, 6.45) is 0.191. The molecule has 0 saturated carbocycles. The average Bonchev–Trinajstić information content (AvgIpc) is 2.48. The van der Waals surface area contributed by atoms with Crippen LogP contribution < -0.4 is 5.32 Å². The highest BCUT2D eigenvalue weighted by Gasteiger charge is 2.23. The van der Waals surface area contributed by atoms with Crippen LogP contribution in [-0.2, 0) is 23.8 Å². The van der Waals surface area contributed by atoms with Crippen molar-refractivity contribution in [3.8, 4) is 0 Å². The van der Waals surface area contributed by atoms with Gasteiger partial charge in [0.05, 0.1) is 0 Å². The number of nitrogens with one attached hydrogen (secondary N) is 1. The molecule has 7 heteroatoms. The van der Waals surface area contributed by atoms with Crippen molar-refractivity contribution < 1.29 is 23.8 Å². The Hall–Kier alpha value is -2.21. The quantitative estimate of drug-likeness (QED) is 0.862. The van der Waals surface area contributed by atoms with Crippen molar-refractivity contribution in [1.82, 2.24) is 0 Å². The van der Waals surface area contributed by atoms with E-state index in [1.165, 1.54) is 13.2 Å². The number of ether oxygens (including phenoxy) is 3. The van der Waals surface area contributed by atoms with Gasteiger partial charge in [0, 0.05) is 10.7 Å². The number of rotatable bonds is 4. The largest absolute Gasteiger partial charge is 0.493 e. The second-order valence-electron chi connectivity index (χ2n) is 4.25. The van der Waals surface area contributed by atoms with Crippen molar-refractivity contribution in [2.45, 2.75) is 13.0 Å². The molecule has 0 bridgehead atoms. The summed E-state index contributed by atoms with van der Waals surface area (Å²) >= 11 is 5.82. The lowest BCUT2D eigenvalue weighted by molar-refractivity contribution is -0.153. The Balaban J connectivity index is 1.90. The highest BCUT2D eigenvalue weighted by Crippen LogP contribution is 2.15. The Morgan fingerprint density at radius 1 is 1.38 bits per heavy atom. The summed E-state index contributed by atoms with van der Waals surface area (Å²) in [7, 11) is 0. The first kappa shape index (κ1) is 15.2. The molecule has 21 heavy (non-hydrogen) atoms. The van der Waals surface area contributed by atoms with Crippen LogP contribution in [0, 0.1) is 0 Å². The van der Waals surface area contributed by atoms with E-state index in [2.05, 4.69) is 5.32 Å². The lowest BCUT2D eigenvalue weighted by Crippen LogP contribution is -2.31. The molecule has 1 atom stereocenters. The number of halogens is 1. The molecule has 1 aromatic rings. The van der Waals surface area contributed by atoms with Gasteiger partial charge >= 0.3 is 5.97 Å². The molecule has 0 aliphatic carbocycles. The van der Waals surface area contributed by atoms with Gasteiger partial charge in [-0.05, 0) is 25.1 Å². The zero-order valence-corrected chi connectivity index (χ0v) is 12.1. The summed E-state index contributed by atoms with van der Waals surface area (Å²) in [5, 5.41) is 3.09. The molecule has 1 heterocycles. The van der Waals surface area contributed by atoms with Gasteiger partial charge in [0.15, 0.2) is 6.10 Å². The van der Waals surface area contributed by atoms with Crippen LogP contribution in [0.15, 0.2) is 36.3 Å². The molecule has 0 aromatic heterocycles. The molecular formula is C14H14ClNO5. The van der Waals surface area contributed by atoms with Crippen LogP contribution in [0.3, 0.4) is 0 Å². The fourth-order valence-electron chi connectivity index (χ4n) is 1.56. The minimum atomic E-state index is -0.983. The van der Waals surface area contributed by atoms with E-state index in [1.54, 1.807) is 24.3 Å². The van der Waals surface area contributed by atoms with Gasteiger partial charge in [-0.3, -0.25) is 4.79 Å². The van der Waals surface area contributed by atoms with Crippen molar-refractivity contribution in [2.75, 3.05) is 18.5 Å². The minimum absolute atomic E-state index is 0.0522. The molecule has 1 aliphatic heterocycles. The maximum atomic E-state index is 11.9. The number of anilines is 1. The van der Waals surface area contributed by atoms with Crippen molar-refractivity contribution in [3.05, 3.63) is 41.3 Å². The standard InChI is InChI=1S/C14H14ClNO5/c1-9(21-14(18)12-8-19-5-6-20-12)13(17)16-11-4-2-3-10(15)7-11/h2-4,7-9H,5-6H2,1H3,(H,16,17). The van der Waals surface area contributed by atoms with Gasteiger partial charge in [0.1, 0.15) is 19.5 Å². The highest BCUT2D eigenvalue weighted by atomic mass is 35.5. The monoisotopic (exact) mass is 311 g/mol. The molecular weight excluding hydrogens is 298 g/mol. The molecule has 112 valence electrons. The molecule has 6 nitrogen and oxygen atoms in total. The van der Waals surface area contributed by atoms with Crippen molar-refractivity contribution in [1.29, 1.82) is 0 Å². The zero-order chi connectivity index (χ0) is 15.2. The van der Waals surface area contributed by atoms with E-state index in [9.17, 15) is 9.59 Å². The molecule has 1 amide bonds. The fraction of sp³-hybridized carbons (Fsp3) is 0.286. The number of benzene rings is 1. The SMILES string of the molecule is CC(OC(=O)C1=COCCO1)C(=O)Nc1cccc(Cl)c1. The lowest BCUT2D eigenvalue weighted by atomic mass is 10.3. The van der Waals surface area contributed by atoms with Crippen LogP contribution in [0.5, 0.6) is 0 Å². The molecule has 1 unspecified atom stereocenters. The summed E-state index contributed by atoms with van der Waals surface area (Å²) in [6.45, 7) is 2.10. The van der Waals surface area contributed by atoms with Crippen LogP contribution in [0.1, 0.15) is 6.92 Å². The van der Waals surface area contributed by atoms with E-state index in [-0.39, 0.29) is 12.4 Å². The van der Waals surface area contributed by atoms with Gasteiger partial charge in [-0.15, -0.1) is 0 Å². The summed E-state index contributed by atoms with van der Waals surface area (Å²) in [5.41, 5.74) is 0.520. The predicted molar refractivity (Wildman–Crippen MR) is 75.6 cm³/mol. The number of carbonyl (C=O) groups excluding carboxylic acids is 2. The number of amides is 1. The smallest absolute Gasteiger partial charge is 0.377 e. The number of carbonyl (C=O) groups is 2. The molecule has 0 spiro atoms. The molecule has 1 N–H and O–H groups in total. The number of esters is 1. The van der Waals surface area contributed by atoms with Crippen LogP contribution >= 0.6 is 11.6 Å². The van der Waals surface area contributed by atoms with Gasteiger partial charge in [-0.2, -0.15) is 0 Å².